The van der Waals surface area contributed by atoms with Crippen molar-refractivity contribution >= 4 is 0 Å². The van der Waals surface area contributed by atoms with E-state index < -0.39 is 0 Å². The standard InChI is InChI=1S/C11H14N2O/c1-9(13-7-6-12)10-4-3-5-11(8-10)14-2/h3-5,8-9,13H,7H2,1-2H3/t9-/m1/s1. The summed E-state index contributed by atoms with van der Waals surface area (Å²) in [4.78, 5) is 0. The number of hydrogen-bond acceptors (Lipinski definition) is 3. The van der Waals surface area contributed by atoms with Crippen LogP contribution in [-0.4, -0.2) is 13.7 Å². The van der Waals surface area contributed by atoms with Crippen molar-refractivity contribution in [1.29, 1.82) is 5.26 Å². The average Bonchev–Trinajstić information content (AvgIpc) is 2.26. The van der Waals surface area contributed by atoms with Gasteiger partial charge in [-0.15, -0.1) is 0 Å². The smallest absolute Gasteiger partial charge is 0.119 e. The van der Waals surface area contributed by atoms with Crippen LogP contribution in [0, 0.1) is 11.3 Å². The SMILES string of the molecule is COc1cccc([C@@H](C)NCC#N)c1. The van der Waals surface area contributed by atoms with Crippen LogP contribution in [0.25, 0.3) is 0 Å². The van der Waals surface area contributed by atoms with E-state index in [0.29, 0.717) is 6.54 Å². The molecule has 0 bridgehead atoms. The molecule has 0 aliphatic rings. The normalized spacial score (nSPS) is 11.8. The Morgan fingerprint density at radius 3 is 3.00 bits per heavy atom. The van der Waals surface area contributed by atoms with Gasteiger partial charge in [0.25, 0.3) is 0 Å². The summed E-state index contributed by atoms with van der Waals surface area (Å²) >= 11 is 0. The predicted molar refractivity (Wildman–Crippen MR) is 55.0 cm³/mol. The molecule has 0 aromatic heterocycles. The predicted octanol–water partition coefficient (Wildman–Crippen LogP) is 1.87. The van der Waals surface area contributed by atoms with Crippen molar-refractivity contribution in [3.63, 3.8) is 0 Å². The molecule has 0 radical (unpaired) electrons. The van der Waals surface area contributed by atoms with Gasteiger partial charge in [-0.3, -0.25) is 5.32 Å². The highest BCUT2D eigenvalue weighted by Gasteiger charge is 2.04. The number of hydrogen-bond donors (Lipinski definition) is 1. The second kappa shape index (κ2) is 5.25. The molecule has 1 aromatic rings. The molecule has 0 unspecified atom stereocenters. The maximum atomic E-state index is 8.43. The lowest BCUT2D eigenvalue weighted by atomic mass is 10.1. The van der Waals surface area contributed by atoms with Gasteiger partial charge in [0, 0.05) is 6.04 Å². The van der Waals surface area contributed by atoms with Crippen molar-refractivity contribution in [3.05, 3.63) is 29.8 Å². The van der Waals surface area contributed by atoms with Crippen LogP contribution in [-0.2, 0) is 0 Å². The van der Waals surface area contributed by atoms with Gasteiger partial charge in [0.05, 0.1) is 19.7 Å². The van der Waals surface area contributed by atoms with Crippen molar-refractivity contribution in [2.24, 2.45) is 0 Å². The van der Waals surface area contributed by atoms with Gasteiger partial charge in [-0.25, -0.2) is 0 Å². The number of nitrogens with one attached hydrogen (secondary N) is 1. The molecule has 1 atom stereocenters. The summed E-state index contributed by atoms with van der Waals surface area (Å²) < 4.78 is 5.12. The fourth-order valence-electron chi connectivity index (χ4n) is 1.23. The molecule has 1 aromatic carbocycles. The third kappa shape index (κ3) is 2.75. The van der Waals surface area contributed by atoms with E-state index in [4.69, 9.17) is 10.00 Å². The van der Waals surface area contributed by atoms with Gasteiger partial charge < -0.3 is 4.74 Å². The van der Waals surface area contributed by atoms with Crippen molar-refractivity contribution in [2.45, 2.75) is 13.0 Å². The lowest BCUT2D eigenvalue weighted by Crippen LogP contribution is -2.18. The Bertz CT molecular complexity index is 330. The van der Waals surface area contributed by atoms with Crippen molar-refractivity contribution in [1.82, 2.24) is 5.32 Å². The molecule has 1 N–H and O–H groups in total. The van der Waals surface area contributed by atoms with E-state index in [1.807, 2.05) is 31.2 Å². The molecule has 0 saturated heterocycles. The Morgan fingerprint density at radius 2 is 2.36 bits per heavy atom. The first kappa shape index (κ1) is 10.6. The van der Waals surface area contributed by atoms with Crippen molar-refractivity contribution < 1.29 is 4.74 Å². The lowest BCUT2D eigenvalue weighted by molar-refractivity contribution is 0.413. The van der Waals surface area contributed by atoms with Crippen molar-refractivity contribution in [2.75, 3.05) is 13.7 Å². The first-order chi connectivity index (χ1) is 6.77. The Kier molecular flexibility index (Phi) is 3.96. The Labute approximate surface area is 84.3 Å². The number of nitriles is 1. The van der Waals surface area contributed by atoms with Crippen LogP contribution < -0.4 is 10.1 Å². The van der Waals surface area contributed by atoms with Gasteiger partial charge in [0.2, 0.25) is 0 Å². The van der Waals surface area contributed by atoms with E-state index in [1.54, 1.807) is 7.11 Å². The summed E-state index contributed by atoms with van der Waals surface area (Å²) in [7, 11) is 1.65. The molecule has 3 heteroatoms. The van der Waals surface area contributed by atoms with E-state index in [1.165, 1.54) is 0 Å². The molecule has 0 amide bonds. The molecule has 0 fully saturated rings. The number of ether oxygens (including phenoxy) is 1. The maximum Gasteiger partial charge on any atom is 0.119 e. The van der Waals surface area contributed by atoms with Crippen LogP contribution in [0.5, 0.6) is 5.75 Å². The molecule has 0 aliphatic carbocycles. The number of nitrogens with zero attached hydrogens (tertiary/aromatic N) is 1. The highest BCUT2D eigenvalue weighted by atomic mass is 16.5. The Morgan fingerprint density at radius 1 is 1.57 bits per heavy atom. The van der Waals surface area contributed by atoms with Crippen molar-refractivity contribution in [3.8, 4) is 11.8 Å². The highest BCUT2D eigenvalue weighted by Crippen LogP contribution is 2.18. The summed E-state index contributed by atoms with van der Waals surface area (Å²) in [5, 5.41) is 11.5. The van der Waals surface area contributed by atoms with Gasteiger partial charge in [-0.1, -0.05) is 12.1 Å². The van der Waals surface area contributed by atoms with Gasteiger partial charge >= 0.3 is 0 Å². The number of benzene rings is 1. The topological polar surface area (TPSA) is 45.0 Å². The number of rotatable bonds is 4. The fraction of sp³-hybridized carbons (Fsp3) is 0.364. The van der Waals surface area contributed by atoms with Crippen LogP contribution in [0.2, 0.25) is 0 Å². The van der Waals surface area contributed by atoms with Crippen LogP contribution in [0.3, 0.4) is 0 Å². The molecule has 0 spiro atoms. The molecule has 0 aliphatic heterocycles. The van der Waals surface area contributed by atoms with E-state index in [9.17, 15) is 0 Å². The third-order valence-electron chi connectivity index (χ3n) is 2.08. The minimum Gasteiger partial charge on any atom is -0.497 e. The van der Waals surface area contributed by atoms with Gasteiger partial charge in [0.15, 0.2) is 0 Å². The van der Waals surface area contributed by atoms with Crippen LogP contribution in [0.1, 0.15) is 18.5 Å². The first-order valence-corrected chi connectivity index (χ1v) is 4.52. The van der Waals surface area contributed by atoms with Crippen LogP contribution in [0.4, 0.5) is 0 Å². The highest BCUT2D eigenvalue weighted by molar-refractivity contribution is 5.30. The van der Waals surface area contributed by atoms with E-state index in [2.05, 4.69) is 11.4 Å². The largest absolute Gasteiger partial charge is 0.497 e. The summed E-state index contributed by atoms with van der Waals surface area (Å²) in [5.41, 5.74) is 1.12. The summed E-state index contributed by atoms with van der Waals surface area (Å²) in [6.45, 7) is 2.38. The zero-order chi connectivity index (χ0) is 10.4. The Balaban J connectivity index is 2.70. The second-order valence-corrected chi connectivity index (χ2v) is 3.04. The summed E-state index contributed by atoms with van der Waals surface area (Å²) in [6, 6.07) is 10.1. The van der Waals surface area contributed by atoms with E-state index in [0.717, 1.165) is 11.3 Å². The van der Waals surface area contributed by atoms with Gasteiger partial charge in [-0.2, -0.15) is 5.26 Å². The average molecular weight is 190 g/mol. The van der Waals surface area contributed by atoms with Gasteiger partial charge in [0.1, 0.15) is 5.75 Å². The molecule has 0 saturated carbocycles. The molecule has 14 heavy (non-hydrogen) atoms. The zero-order valence-corrected chi connectivity index (χ0v) is 8.45. The molecular weight excluding hydrogens is 176 g/mol. The number of methoxy groups -OCH3 is 1. The molecular formula is C11H14N2O. The quantitative estimate of drug-likeness (QED) is 0.737. The van der Waals surface area contributed by atoms with Crippen LogP contribution >= 0.6 is 0 Å². The van der Waals surface area contributed by atoms with E-state index >= 15 is 0 Å². The van der Waals surface area contributed by atoms with Gasteiger partial charge in [-0.05, 0) is 24.6 Å². The summed E-state index contributed by atoms with van der Waals surface area (Å²) in [5.74, 6) is 0.841. The fourth-order valence-corrected chi connectivity index (χ4v) is 1.23. The molecule has 1 rings (SSSR count). The molecule has 0 heterocycles. The zero-order valence-electron chi connectivity index (χ0n) is 8.45. The minimum absolute atomic E-state index is 0.171. The second-order valence-electron chi connectivity index (χ2n) is 3.04. The third-order valence-corrected chi connectivity index (χ3v) is 2.08. The monoisotopic (exact) mass is 190 g/mol. The molecule has 3 nitrogen and oxygen atoms in total. The Hall–Kier alpha value is -1.53. The first-order valence-electron chi connectivity index (χ1n) is 4.52. The minimum atomic E-state index is 0.171. The van der Waals surface area contributed by atoms with Crippen LogP contribution in [0.15, 0.2) is 24.3 Å². The van der Waals surface area contributed by atoms with E-state index in [-0.39, 0.29) is 6.04 Å². The lowest BCUT2D eigenvalue weighted by Gasteiger charge is -2.12. The maximum absolute atomic E-state index is 8.43. The summed E-state index contributed by atoms with van der Waals surface area (Å²) in [6.07, 6.45) is 0. The molecule has 74 valence electrons.